The second-order valence-corrected chi connectivity index (χ2v) is 11.2. The van der Waals surface area contributed by atoms with Gasteiger partial charge in [0.25, 0.3) is 0 Å². The van der Waals surface area contributed by atoms with Crippen molar-refractivity contribution in [2.75, 3.05) is 13.2 Å². The molecule has 1 aliphatic heterocycles. The first-order valence-electron chi connectivity index (χ1n) is 15.2. The fraction of sp³-hybridized carbons (Fsp3) is 0.361. The molecular formula is C36H42N2O5. The molecule has 4 atom stereocenters. The monoisotopic (exact) mass is 582 g/mol. The van der Waals surface area contributed by atoms with Crippen LogP contribution in [-0.4, -0.2) is 42.1 Å². The molecule has 0 spiro atoms. The third kappa shape index (κ3) is 10.5. The van der Waals surface area contributed by atoms with E-state index in [0.29, 0.717) is 25.7 Å². The Labute approximate surface area is 254 Å². The zero-order valence-electron chi connectivity index (χ0n) is 24.6. The van der Waals surface area contributed by atoms with Gasteiger partial charge in [0.05, 0.1) is 30.5 Å². The van der Waals surface area contributed by atoms with Gasteiger partial charge in [-0.25, -0.2) is 0 Å². The molecule has 0 fully saturated rings. The van der Waals surface area contributed by atoms with Crippen LogP contribution in [0.25, 0.3) is 0 Å². The van der Waals surface area contributed by atoms with E-state index in [1.54, 1.807) is 0 Å². The number of amides is 2. The molecule has 0 saturated heterocycles. The van der Waals surface area contributed by atoms with E-state index in [0.717, 1.165) is 29.5 Å². The summed E-state index contributed by atoms with van der Waals surface area (Å²) in [5, 5.41) is 15.8. The van der Waals surface area contributed by atoms with Crippen LogP contribution in [0.5, 0.6) is 0 Å². The van der Waals surface area contributed by atoms with Gasteiger partial charge in [0.15, 0.2) is 0 Å². The number of esters is 1. The first kappa shape index (κ1) is 31.7. The van der Waals surface area contributed by atoms with E-state index in [1.165, 1.54) is 0 Å². The van der Waals surface area contributed by atoms with Crippen LogP contribution in [0.2, 0.25) is 0 Å². The van der Waals surface area contributed by atoms with Crippen molar-refractivity contribution >= 4 is 17.8 Å². The van der Waals surface area contributed by atoms with E-state index >= 15 is 0 Å². The Kier molecular flexibility index (Phi) is 12.5. The van der Waals surface area contributed by atoms with Gasteiger partial charge in [-0.3, -0.25) is 14.4 Å². The Balaban J connectivity index is 1.47. The molecule has 4 rings (SSSR count). The van der Waals surface area contributed by atoms with Gasteiger partial charge in [0.1, 0.15) is 6.61 Å². The van der Waals surface area contributed by atoms with Gasteiger partial charge in [-0.05, 0) is 55.2 Å². The van der Waals surface area contributed by atoms with Crippen molar-refractivity contribution in [3.05, 3.63) is 120 Å². The maximum Gasteiger partial charge on any atom is 0.309 e. The smallest absolute Gasteiger partial charge is 0.309 e. The van der Waals surface area contributed by atoms with Gasteiger partial charge >= 0.3 is 5.97 Å². The largest absolute Gasteiger partial charge is 0.463 e. The van der Waals surface area contributed by atoms with Crippen molar-refractivity contribution in [2.45, 2.75) is 57.0 Å². The summed E-state index contributed by atoms with van der Waals surface area (Å²) < 4.78 is 5.85. The number of ether oxygens (including phenoxy) is 1. The summed E-state index contributed by atoms with van der Waals surface area (Å²) in [6.07, 6.45) is 7.70. The average Bonchev–Trinajstić information content (AvgIpc) is 3.03. The predicted molar refractivity (Wildman–Crippen MR) is 167 cm³/mol. The quantitative estimate of drug-likeness (QED) is 0.241. The second-order valence-electron chi connectivity index (χ2n) is 11.2. The third-order valence-corrected chi connectivity index (χ3v) is 7.79. The summed E-state index contributed by atoms with van der Waals surface area (Å²) in [6.45, 7) is -0.206. The fourth-order valence-corrected chi connectivity index (χ4v) is 5.40. The van der Waals surface area contributed by atoms with Crippen molar-refractivity contribution in [3.63, 3.8) is 0 Å². The average molecular weight is 583 g/mol. The molecule has 226 valence electrons. The molecule has 0 bridgehead atoms. The zero-order chi connectivity index (χ0) is 30.3. The predicted octanol–water partition coefficient (Wildman–Crippen LogP) is 5.10. The van der Waals surface area contributed by atoms with Gasteiger partial charge in [-0.2, -0.15) is 0 Å². The normalized spacial score (nSPS) is 20.7. The minimum Gasteiger partial charge on any atom is -0.463 e. The Bertz CT molecular complexity index is 1310. The summed E-state index contributed by atoms with van der Waals surface area (Å²) in [5.74, 6) is -1.76. The van der Waals surface area contributed by atoms with Crippen molar-refractivity contribution < 1.29 is 24.2 Å². The molecule has 0 aliphatic carbocycles. The molecule has 43 heavy (non-hydrogen) atoms. The van der Waals surface area contributed by atoms with Gasteiger partial charge in [0, 0.05) is 6.42 Å². The number of nitrogens with one attached hydrogen (secondary N) is 2. The number of aliphatic hydroxyl groups excluding tert-OH is 1. The van der Waals surface area contributed by atoms with E-state index in [2.05, 4.69) is 10.6 Å². The molecule has 7 nitrogen and oxygen atoms in total. The maximum absolute atomic E-state index is 13.6. The highest BCUT2D eigenvalue weighted by Gasteiger charge is 2.27. The van der Waals surface area contributed by atoms with Gasteiger partial charge < -0.3 is 20.5 Å². The Hall–Kier alpha value is -4.23. The Morgan fingerprint density at radius 3 is 2.21 bits per heavy atom. The van der Waals surface area contributed by atoms with Crippen LogP contribution < -0.4 is 10.6 Å². The number of benzene rings is 3. The van der Waals surface area contributed by atoms with Crippen LogP contribution in [-0.2, 0) is 32.0 Å². The summed E-state index contributed by atoms with van der Waals surface area (Å²) >= 11 is 0. The van der Waals surface area contributed by atoms with Gasteiger partial charge in [0.2, 0.25) is 11.8 Å². The number of aliphatic hydroxyl groups is 1. The lowest BCUT2D eigenvalue weighted by atomic mass is 9.93. The summed E-state index contributed by atoms with van der Waals surface area (Å²) in [6, 6.07) is 28.0. The van der Waals surface area contributed by atoms with E-state index in [4.69, 9.17) is 4.74 Å². The summed E-state index contributed by atoms with van der Waals surface area (Å²) in [5.41, 5.74) is 2.91. The molecular weight excluding hydrogens is 540 g/mol. The van der Waals surface area contributed by atoms with Crippen LogP contribution in [0.1, 0.15) is 54.8 Å². The lowest BCUT2D eigenvalue weighted by molar-refractivity contribution is -0.150. The summed E-state index contributed by atoms with van der Waals surface area (Å²) in [4.78, 5) is 40.0. The van der Waals surface area contributed by atoms with Crippen molar-refractivity contribution in [2.24, 2.45) is 11.8 Å². The number of rotatable bonds is 9. The minimum atomic E-state index is -0.622. The van der Waals surface area contributed by atoms with Crippen molar-refractivity contribution in [1.29, 1.82) is 0 Å². The molecule has 1 aliphatic rings. The van der Waals surface area contributed by atoms with E-state index < -0.39 is 18.0 Å². The Morgan fingerprint density at radius 2 is 1.53 bits per heavy atom. The van der Waals surface area contributed by atoms with Crippen LogP contribution in [0.3, 0.4) is 0 Å². The van der Waals surface area contributed by atoms with Crippen LogP contribution in [0, 0.1) is 11.8 Å². The molecule has 0 radical (unpaired) electrons. The van der Waals surface area contributed by atoms with Crippen molar-refractivity contribution in [3.8, 4) is 0 Å². The van der Waals surface area contributed by atoms with Crippen LogP contribution >= 0.6 is 0 Å². The molecule has 0 aromatic heterocycles. The molecule has 0 saturated carbocycles. The van der Waals surface area contributed by atoms with E-state index in [1.807, 2.05) is 103 Å². The SMILES string of the molecule is O=C(C[C@H]1CC=CCCC[C@H](Cc2ccccc2)C(=O)OC[C@H](c2ccccc2)NC1=O)N[C@@H](CO)Cc1ccccc1. The van der Waals surface area contributed by atoms with E-state index in [-0.39, 0.29) is 43.3 Å². The highest BCUT2D eigenvalue weighted by Crippen LogP contribution is 2.22. The second kappa shape index (κ2) is 17.0. The standard InChI is InChI=1S/C36H42N2O5/c39-25-32(23-28-16-8-4-9-17-28)37-34(40)24-30-20-10-1-2-11-21-31(22-27-14-6-3-7-15-27)36(42)43-26-33(38-35(30)41)29-18-12-5-13-19-29/h1,3-10,12-19,30-33,39H,2,11,20-26H2,(H,37,40)(H,38,41)/t30-,31-,32-,33-/m1/s1. The molecule has 7 heteroatoms. The summed E-state index contributed by atoms with van der Waals surface area (Å²) in [7, 11) is 0. The number of carbonyl (C=O) groups is 3. The van der Waals surface area contributed by atoms with Crippen LogP contribution in [0.4, 0.5) is 0 Å². The molecule has 3 aromatic carbocycles. The van der Waals surface area contributed by atoms with Gasteiger partial charge in [-0.15, -0.1) is 0 Å². The molecule has 2 amide bonds. The molecule has 3 aromatic rings. The zero-order valence-corrected chi connectivity index (χ0v) is 24.6. The lowest BCUT2D eigenvalue weighted by Gasteiger charge is -2.25. The number of hydrogen-bond donors (Lipinski definition) is 3. The molecule has 1 heterocycles. The van der Waals surface area contributed by atoms with E-state index in [9.17, 15) is 19.5 Å². The highest BCUT2D eigenvalue weighted by molar-refractivity contribution is 5.86. The first-order chi connectivity index (χ1) is 21.0. The minimum absolute atomic E-state index is 0.00169. The fourth-order valence-electron chi connectivity index (χ4n) is 5.40. The number of allylic oxidation sites excluding steroid dienone is 2. The molecule has 0 unspecified atom stereocenters. The third-order valence-electron chi connectivity index (χ3n) is 7.79. The number of carbonyl (C=O) groups excluding carboxylic acids is 3. The molecule has 3 N–H and O–H groups in total. The van der Waals surface area contributed by atoms with Gasteiger partial charge in [-0.1, -0.05) is 103 Å². The van der Waals surface area contributed by atoms with Crippen molar-refractivity contribution in [1.82, 2.24) is 10.6 Å². The number of cyclic esters (lactones) is 1. The maximum atomic E-state index is 13.6. The Morgan fingerprint density at radius 1 is 0.884 bits per heavy atom. The highest BCUT2D eigenvalue weighted by atomic mass is 16.5. The van der Waals surface area contributed by atoms with Crippen LogP contribution in [0.15, 0.2) is 103 Å². The number of hydrogen-bond acceptors (Lipinski definition) is 5. The first-order valence-corrected chi connectivity index (χ1v) is 15.2. The lowest BCUT2D eigenvalue weighted by Crippen LogP contribution is -2.42. The topological polar surface area (TPSA) is 105 Å².